The summed E-state index contributed by atoms with van der Waals surface area (Å²) in [6, 6.07) is 0. The second kappa shape index (κ2) is 5.10. The van der Waals surface area contributed by atoms with Gasteiger partial charge in [0.25, 0.3) is 0 Å². The maximum absolute atomic E-state index is 4.17. The fraction of sp³-hybridized carbons (Fsp3) is 1.00. The molecule has 0 aromatic heterocycles. The van der Waals surface area contributed by atoms with E-state index in [1.807, 2.05) is 33.3 Å². The molecule has 0 amide bonds. The van der Waals surface area contributed by atoms with Gasteiger partial charge in [-0.15, -0.1) is 11.8 Å². The normalized spacial score (nSPS) is 28.3. The number of thioether (sulfide) groups is 1. The average molecular weight is 198 g/mol. The Morgan fingerprint density at radius 3 is 3.11 bits per heavy atom. The quantitative estimate of drug-likeness (QED) is 0.412. The minimum atomic E-state index is 0.821. The SMILES string of the molecule is SCSC1CCCSS1. The van der Waals surface area contributed by atoms with Gasteiger partial charge in [-0.25, -0.2) is 0 Å². The first kappa shape index (κ1) is 8.50. The number of hydrogen-bond acceptors (Lipinski definition) is 4. The van der Waals surface area contributed by atoms with Crippen molar-refractivity contribution < 1.29 is 0 Å². The molecule has 0 aromatic carbocycles. The predicted molar refractivity (Wildman–Crippen MR) is 54.5 cm³/mol. The Kier molecular flexibility index (Phi) is 4.82. The molecule has 1 aliphatic heterocycles. The summed E-state index contributed by atoms with van der Waals surface area (Å²) < 4.78 is 0.821. The fourth-order valence-electron chi connectivity index (χ4n) is 0.675. The lowest BCUT2D eigenvalue weighted by atomic mass is 10.4. The molecule has 1 fully saturated rings. The Morgan fingerprint density at radius 2 is 2.56 bits per heavy atom. The second-order valence-corrected chi connectivity index (χ2v) is 6.71. The minimum Gasteiger partial charge on any atom is -0.168 e. The number of thiol groups is 1. The van der Waals surface area contributed by atoms with Crippen LogP contribution in [0.1, 0.15) is 12.8 Å². The summed E-state index contributed by atoms with van der Waals surface area (Å²) >= 11 is 6.13. The summed E-state index contributed by atoms with van der Waals surface area (Å²) in [5.74, 6) is 1.34. The highest BCUT2D eigenvalue weighted by molar-refractivity contribution is 8.78. The van der Waals surface area contributed by atoms with Crippen LogP contribution >= 0.6 is 46.0 Å². The van der Waals surface area contributed by atoms with Crippen molar-refractivity contribution in [2.24, 2.45) is 0 Å². The van der Waals surface area contributed by atoms with Gasteiger partial charge >= 0.3 is 0 Å². The summed E-state index contributed by atoms with van der Waals surface area (Å²) in [7, 11) is 4.02. The molecule has 4 heteroatoms. The second-order valence-electron chi connectivity index (χ2n) is 1.79. The smallest absolute Gasteiger partial charge is 0.0614 e. The number of hydrogen-bond donors (Lipinski definition) is 1. The molecule has 0 spiro atoms. The molecule has 1 rings (SSSR count). The van der Waals surface area contributed by atoms with Crippen LogP contribution in [-0.4, -0.2) is 15.4 Å². The van der Waals surface area contributed by atoms with Gasteiger partial charge < -0.3 is 0 Å². The van der Waals surface area contributed by atoms with Gasteiger partial charge in [0.15, 0.2) is 0 Å². The highest BCUT2D eigenvalue weighted by atomic mass is 33.1. The first-order chi connectivity index (χ1) is 4.43. The summed E-state index contributed by atoms with van der Waals surface area (Å²) in [5.41, 5.74) is 0. The maximum atomic E-state index is 4.17. The molecule has 1 saturated heterocycles. The van der Waals surface area contributed by atoms with Crippen LogP contribution in [0.25, 0.3) is 0 Å². The third-order valence-corrected chi connectivity index (χ3v) is 6.02. The maximum Gasteiger partial charge on any atom is 0.0614 e. The van der Waals surface area contributed by atoms with Gasteiger partial charge in [-0.3, -0.25) is 0 Å². The lowest BCUT2D eigenvalue weighted by Crippen LogP contribution is -2.00. The van der Waals surface area contributed by atoms with E-state index in [-0.39, 0.29) is 0 Å². The molecule has 54 valence electrons. The van der Waals surface area contributed by atoms with Gasteiger partial charge in [-0.05, 0) is 12.8 Å². The molecule has 0 N–H and O–H groups in total. The highest BCUT2D eigenvalue weighted by Crippen LogP contribution is 2.41. The van der Waals surface area contributed by atoms with Gasteiger partial charge in [-0.1, -0.05) is 21.6 Å². The van der Waals surface area contributed by atoms with Crippen molar-refractivity contribution in [3.63, 3.8) is 0 Å². The van der Waals surface area contributed by atoms with Crippen LogP contribution in [0.2, 0.25) is 0 Å². The zero-order valence-electron chi connectivity index (χ0n) is 5.08. The Labute approximate surface area is 74.1 Å². The molecule has 0 aromatic rings. The van der Waals surface area contributed by atoms with Gasteiger partial charge in [-0.2, -0.15) is 12.6 Å². The van der Waals surface area contributed by atoms with E-state index in [9.17, 15) is 0 Å². The van der Waals surface area contributed by atoms with Gasteiger partial charge in [0.2, 0.25) is 0 Å². The van der Waals surface area contributed by atoms with Gasteiger partial charge in [0, 0.05) is 10.8 Å². The Bertz CT molecular complexity index is 66.6. The van der Waals surface area contributed by atoms with Crippen molar-refractivity contribution in [1.29, 1.82) is 0 Å². The number of rotatable bonds is 2. The summed E-state index contributed by atoms with van der Waals surface area (Å²) in [5, 5.41) is 0.970. The molecule has 1 aliphatic rings. The zero-order chi connectivity index (χ0) is 6.53. The molecule has 0 nitrogen and oxygen atoms in total. The topological polar surface area (TPSA) is 0 Å². The van der Waals surface area contributed by atoms with Crippen LogP contribution in [0.15, 0.2) is 0 Å². The van der Waals surface area contributed by atoms with Crippen LogP contribution in [0, 0.1) is 0 Å². The van der Waals surface area contributed by atoms with E-state index in [1.54, 1.807) is 0 Å². The van der Waals surface area contributed by atoms with Crippen molar-refractivity contribution in [2.75, 3.05) is 10.8 Å². The molecule has 1 unspecified atom stereocenters. The molecule has 0 saturated carbocycles. The Morgan fingerprint density at radius 1 is 1.67 bits per heavy atom. The third kappa shape index (κ3) is 3.35. The van der Waals surface area contributed by atoms with Gasteiger partial charge in [0.1, 0.15) is 0 Å². The van der Waals surface area contributed by atoms with Crippen LogP contribution < -0.4 is 0 Å². The van der Waals surface area contributed by atoms with Crippen molar-refractivity contribution in [1.82, 2.24) is 0 Å². The zero-order valence-corrected chi connectivity index (χ0v) is 8.42. The predicted octanol–water partition coefficient (Wildman–Crippen LogP) is 3.11. The minimum absolute atomic E-state index is 0.821. The van der Waals surface area contributed by atoms with E-state index in [0.29, 0.717) is 0 Å². The first-order valence-corrected chi connectivity index (χ1v) is 7.00. The molecule has 0 aliphatic carbocycles. The largest absolute Gasteiger partial charge is 0.168 e. The van der Waals surface area contributed by atoms with E-state index in [4.69, 9.17) is 0 Å². The lowest BCUT2D eigenvalue weighted by molar-refractivity contribution is 0.879. The van der Waals surface area contributed by atoms with E-state index in [2.05, 4.69) is 12.6 Å². The van der Waals surface area contributed by atoms with Crippen molar-refractivity contribution >= 4 is 46.0 Å². The van der Waals surface area contributed by atoms with Crippen molar-refractivity contribution in [2.45, 2.75) is 17.4 Å². The van der Waals surface area contributed by atoms with Crippen LogP contribution in [0.3, 0.4) is 0 Å². The monoisotopic (exact) mass is 198 g/mol. The molecule has 0 radical (unpaired) electrons. The third-order valence-electron chi connectivity index (χ3n) is 1.10. The Hall–Kier alpha value is 1.40. The average Bonchev–Trinajstić information content (AvgIpc) is 1.91. The standard InChI is InChI=1S/C5H10S4/c6-4-7-5-2-1-3-8-9-5/h5-6H,1-4H2. The Balaban J connectivity index is 2.08. The van der Waals surface area contributed by atoms with E-state index < -0.39 is 0 Å². The molecule has 9 heavy (non-hydrogen) atoms. The van der Waals surface area contributed by atoms with Gasteiger partial charge in [0.05, 0.1) is 4.58 Å². The molecule has 0 bridgehead atoms. The first-order valence-electron chi connectivity index (χ1n) is 2.94. The van der Waals surface area contributed by atoms with Crippen molar-refractivity contribution in [3.05, 3.63) is 0 Å². The molecule has 1 atom stereocenters. The summed E-state index contributed by atoms with van der Waals surface area (Å²) in [4.78, 5) is 0. The van der Waals surface area contributed by atoms with E-state index >= 15 is 0 Å². The lowest BCUT2D eigenvalue weighted by Gasteiger charge is -2.18. The molecule has 1 heterocycles. The summed E-state index contributed by atoms with van der Waals surface area (Å²) in [6.45, 7) is 0. The molecular weight excluding hydrogens is 188 g/mol. The van der Waals surface area contributed by atoms with Crippen LogP contribution in [-0.2, 0) is 0 Å². The highest BCUT2D eigenvalue weighted by Gasteiger charge is 2.13. The van der Waals surface area contributed by atoms with Crippen molar-refractivity contribution in [3.8, 4) is 0 Å². The fourth-order valence-corrected chi connectivity index (χ4v) is 5.63. The van der Waals surface area contributed by atoms with Crippen LogP contribution in [0.5, 0.6) is 0 Å². The van der Waals surface area contributed by atoms with E-state index in [0.717, 1.165) is 9.67 Å². The molecular formula is C5H10S4. The van der Waals surface area contributed by atoms with E-state index in [1.165, 1.54) is 18.6 Å². The summed E-state index contributed by atoms with van der Waals surface area (Å²) in [6.07, 6.45) is 2.77. The van der Waals surface area contributed by atoms with Crippen LogP contribution in [0.4, 0.5) is 0 Å².